The van der Waals surface area contributed by atoms with E-state index in [2.05, 4.69) is 31.2 Å². The number of hydrogen-bond acceptors (Lipinski definition) is 6. The lowest BCUT2D eigenvalue weighted by Gasteiger charge is -2.23. The zero-order chi connectivity index (χ0) is 22.9. The molecule has 9 heteroatoms. The first-order chi connectivity index (χ1) is 16.0. The van der Waals surface area contributed by atoms with Gasteiger partial charge in [-0.3, -0.25) is 4.98 Å². The monoisotopic (exact) mass is 445 g/mol. The summed E-state index contributed by atoms with van der Waals surface area (Å²) in [6.07, 6.45) is 6.75. The molecular weight excluding hydrogens is 424 g/mol. The Balaban J connectivity index is 1.69. The Morgan fingerprint density at radius 2 is 2.09 bits per heavy atom. The number of nitrogens with two attached hydrogens (primary N) is 1. The summed E-state index contributed by atoms with van der Waals surface area (Å²) in [7, 11) is 1.66. The molecule has 2 fully saturated rings. The molecule has 166 valence electrons. The summed E-state index contributed by atoms with van der Waals surface area (Å²) in [6, 6.07) is 5.14. The molecule has 4 aromatic rings. The van der Waals surface area contributed by atoms with Crippen LogP contribution in [0, 0.1) is 28.4 Å². The van der Waals surface area contributed by atoms with Gasteiger partial charge in [-0.25, -0.2) is 13.8 Å². The minimum atomic E-state index is -0.931. The third-order valence-corrected chi connectivity index (χ3v) is 7.17. The molecule has 2 atom stereocenters. The fourth-order valence-electron chi connectivity index (χ4n) is 5.26. The van der Waals surface area contributed by atoms with E-state index in [1.807, 2.05) is 0 Å². The van der Waals surface area contributed by atoms with Gasteiger partial charge < -0.3 is 20.9 Å². The molecule has 0 bridgehead atoms. The number of halogens is 2. The fraction of sp³-hybridized carbons (Fsp3) is 0.292. The molecule has 4 N–H and O–H groups in total. The van der Waals surface area contributed by atoms with Crippen molar-refractivity contribution >= 4 is 33.3 Å². The maximum Gasteiger partial charge on any atom is 0.169 e. The minimum Gasteiger partial charge on any atom is -0.386 e. The van der Waals surface area contributed by atoms with Crippen molar-refractivity contribution in [2.24, 2.45) is 11.1 Å². The van der Waals surface area contributed by atoms with Crippen LogP contribution >= 0.6 is 0 Å². The molecule has 0 amide bonds. The van der Waals surface area contributed by atoms with Gasteiger partial charge in [-0.15, -0.1) is 0 Å². The predicted molar refractivity (Wildman–Crippen MR) is 123 cm³/mol. The maximum absolute atomic E-state index is 15.3. The van der Waals surface area contributed by atoms with Crippen LogP contribution in [0.15, 0.2) is 30.7 Å². The van der Waals surface area contributed by atoms with E-state index >= 15 is 4.39 Å². The molecule has 1 spiro atoms. The molecule has 33 heavy (non-hydrogen) atoms. The smallest absolute Gasteiger partial charge is 0.169 e. The van der Waals surface area contributed by atoms with E-state index in [1.165, 1.54) is 6.20 Å². The van der Waals surface area contributed by atoms with E-state index in [9.17, 15) is 9.65 Å². The van der Waals surface area contributed by atoms with Crippen molar-refractivity contribution in [3.63, 3.8) is 0 Å². The molecule has 1 aromatic carbocycles. The number of pyridine rings is 2. The average Bonchev–Trinajstić information content (AvgIpc) is 3.16. The summed E-state index contributed by atoms with van der Waals surface area (Å²) < 4.78 is 29.9. The van der Waals surface area contributed by atoms with Crippen LogP contribution in [0.25, 0.3) is 33.1 Å². The molecule has 1 aliphatic heterocycles. The number of H-pyrrole nitrogens is 1. The first-order valence-electron chi connectivity index (χ1n) is 10.8. The number of aromatic amines is 1. The van der Waals surface area contributed by atoms with Gasteiger partial charge in [0.15, 0.2) is 11.6 Å². The highest BCUT2D eigenvalue weighted by molar-refractivity contribution is 6.18. The van der Waals surface area contributed by atoms with Crippen LogP contribution in [0.3, 0.4) is 0 Å². The molecule has 7 nitrogen and oxygen atoms in total. The van der Waals surface area contributed by atoms with Gasteiger partial charge in [0.05, 0.1) is 33.2 Å². The minimum absolute atomic E-state index is 0.0612. The molecule has 4 heterocycles. The second-order valence-corrected chi connectivity index (χ2v) is 9.01. The van der Waals surface area contributed by atoms with Crippen molar-refractivity contribution in [1.82, 2.24) is 15.0 Å². The standard InChI is InChI=1S/C24H21F2N7/c1-29-16-5-15(25)20(26)18-19-22(33-3-2-24(11-33)6-17(24)28)14(10-31-23(19)32-21(16)18)13-4-12(7-27)8-30-9-13/h4-5,8-10,17,29H,2-3,6,11,28H2,1H3,(H,31,32). The average molecular weight is 445 g/mol. The van der Waals surface area contributed by atoms with Crippen molar-refractivity contribution in [1.29, 1.82) is 5.26 Å². The Bertz CT molecular complexity index is 1490. The van der Waals surface area contributed by atoms with E-state index in [4.69, 9.17) is 5.73 Å². The highest BCUT2D eigenvalue weighted by Crippen LogP contribution is 2.54. The fourth-order valence-corrected chi connectivity index (χ4v) is 5.26. The molecule has 6 rings (SSSR count). The van der Waals surface area contributed by atoms with E-state index < -0.39 is 11.6 Å². The molecular formula is C24H21F2N7. The number of benzene rings is 1. The highest BCUT2D eigenvalue weighted by atomic mass is 19.2. The second kappa shape index (κ2) is 6.86. The largest absolute Gasteiger partial charge is 0.386 e. The van der Waals surface area contributed by atoms with Gasteiger partial charge in [-0.05, 0) is 18.9 Å². The topological polar surface area (TPSA) is 107 Å². The second-order valence-electron chi connectivity index (χ2n) is 9.01. The Morgan fingerprint density at radius 1 is 1.27 bits per heavy atom. The van der Waals surface area contributed by atoms with E-state index in [0.29, 0.717) is 38.9 Å². The van der Waals surface area contributed by atoms with Gasteiger partial charge in [0, 0.05) is 67.4 Å². The van der Waals surface area contributed by atoms with Crippen LogP contribution in [0.4, 0.5) is 20.2 Å². The quantitative estimate of drug-likeness (QED) is 0.442. The van der Waals surface area contributed by atoms with Gasteiger partial charge in [0.1, 0.15) is 11.7 Å². The summed E-state index contributed by atoms with van der Waals surface area (Å²) >= 11 is 0. The molecule has 2 unspecified atom stereocenters. The van der Waals surface area contributed by atoms with E-state index in [-0.39, 0.29) is 16.8 Å². The third kappa shape index (κ3) is 2.80. The van der Waals surface area contributed by atoms with Gasteiger partial charge in [-0.2, -0.15) is 5.26 Å². The van der Waals surface area contributed by atoms with Gasteiger partial charge in [-0.1, -0.05) is 0 Å². The number of hydrogen-bond donors (Lipinski definition) is 3. The van der Waals surface area contributed by atoms with Crippen molar-refractivity contribution in [2.75, 3.05) is 30.4 Å². The molecule has 1 aliphatic carbocycles. The number of nitriles is 1. The number of rotatable bonds is 3. The van der Waals surface area contributed by atoms with Gasteiger partial charge in [0.2, 0.25) is 0 Å². The molecule has 1 saturated carbocycles. The Morgan fingerprint density at radius 3 is 2.79 bits per heavy atom. The molecule has 1 saturated heterocycles. The molecule has 3 aromatic heterocycles. The van der Waals surface area contributed by atoms with Crippen LogP contribution < -0.4 is 16.0 Å². The van der Waals surface area contributed by atoms with Crippen molar-refractivity contribution < 1.29 is 8.78 Å². The Kier molecular flexibility index (Phi) is 4.13. The molecule has 0 radical (unpaired) electrons. The van der Waals surface area contributed by atoms with Crippen molar-refractivity contribution in [3.05, 3.63) is 47.9 Å². The van der Waals surface area contributed by atoms with Gasteiger partial charge in [0.25, 0.3) is 0 Å². The van der Waals surface area contributed by atoms with Crippen LogP contribution in [0.5, 0.6) is 0 Å². The maximum atomic E-state index is 15.3. The summed E-state index contributed by atoms with van der Waals surface area (Å²) in [5, 5.41) is 13.0. The lowest BCUT2D eigenvalue weighted by Crippen LogP contribution is -2.23. The lowest BCUT2D eigenvalue weighted by molar-refractivity contribution is 0.518. The zero-order valence-corrected chi connectivity index (χ0v) is 17.9. The SMILES string of the molecule is CNc1cc(F)c(F)c2c1[nH]c1ncc(-c3cncc(C#N)c3)c(N3CCC4(CC4N)C3)c12. The summed E-state index contributed by atoms with van der Waals surface area (Å²) in [5.74, 6) is -1.85. The van der Waals surface area contributed by atoms with E-state index in [1.54, 1.807) is 25.5 Å². The van der Waals surface area contributed by atoms with Gasteiger partial charge >= 0.3 is 0 Å². The van der Waals surface area contributed by atoms with E-state index in [0.717, 1.165) is 37.7 Å². The van der Waals surface area contributed by atoms with Crippen LogP contribution in [0.1, 0.15) is 18.4 Å². The zero-order valence-electron chi connectivity index (χ0n) is 17.9. The normalized spacial score (nSPS) is 21.8. The number of fused-ring (bicyclic) bond motifs is 3. The number of nitrogens with one attached hydrogen (secondary N) is 2. The molecule has 2 aliphatic rings. The Hall–Kier alpha value is -3.77. The van der Waals surface area contributed by atoms with Crippen LogP contribution in [-0.2, 0) is 0 Å². The number of nitrogens with zero attached hydrogens (tertiary/aromatic N) is 4. The first-order valence-corrected chi connectivity index (χ1v) is 10.8. The van der Waals surface area contributed by atoms with Crippen molar-refractivity contribution in [3.8, 4) is 17.2 Å². The Labute approximate surface area is 188 Å². The van der Waals surface area contributed by atoms with Crippen molar-refractivity contribution in [2.45, 2.75) is 18.9 Å². The van der Waals surface area contributed by atoms with Crippen LogP contribution in [-0.4, -0.2) is 41.1 Å². The summed E-state index contributed by atoms with van der Waals surface area (Å²) in [4.78, 5) is 14.1. The highest BCUT2D eigenvalue weighted by Gasteiger charge is 2.55. The predicted octanol–water partition coefficient (Wildman–Crippen LogP) is 3.90. The lowest BCUT2D eigenvalue weighted by atomic mass is 10.0. The first kappa shape index (κ1) is 19.9. The number of aromatic nitrogens is 3. The summed E-state index contributed by atoms with van der Waals surface area (Å²) in [5.41, 5.74) is 10.3. The summed E-state index contributed by atoms with van der Waals surface area (Å²) in [6.45, 7) is 1.47. The van der Waals surface area contributed by atoms with Crippen LogP contribution in [0.2, 0.25) is 0 Å². The number of anilines is 2. The third-order valence-electron chi connectivity index (χ3n) is 7.17.